The van der Waals surface area contributed by atoms with E-state index >= 15 is 0 Å². The molecular formula is C17H14N2O6. The quantitative estimate of drug-likeness (QED) is 0.369. The van der Waals surface area contributed by atoms with Gasteiger partial charge in [0.1, 0.15) is 16.7 Å². The summed E-state index contributed by atoms with van der Waals surface area (Å²) >= 11 is 0. The minimum atomic E-state index is -0.503. The van der Waals surface area contributed by atoms with E-state index in [0.717, 1.165) is 5.56 Å². The van der Waals surface area contributed by atoms with Crippen LogP contribution in [0.25, 0.3) is 11.0 Å². The highest BCUT2D eigenvalue weighted by atomic mass is 16.6. The Morgan fingerprint density at radius 2 is 1.80 bits per heavy atom. The van der Waals surface area contributed by atoms with Crippen molar-refractivity contribution >= 4 is 16.7 Å². The number of phenolic OH excluding ortho intramolecular Hbond substituents is 2. The van der Waals surface area contributed by atoms with E-state index in [1.54, 1.807) is 12.1 Å². The SMILES string of the molecule is O=c1cc(CNCc2ccc([N+](=O)[O-])cc2)oc2ccc(O)c(O)c12. The molecule has 0 spiro atoms. The lowest BCUT2D eigenvalue weighted by atomic mass is 10.2. The lowest BCUT2D eigenvalue weighted by Crippen LogP contribution is -2.14. The van der Waals surface area contributed by atoms with Gasteiger partial charge in [-0.2, -0.15) is 0 Å². The van der Waals surface area contributed by atoms with E-state index in [1.165, 1.54) is 30.3 Å². The summed E-state index contributed by atoms with van der Waals surface area (Å²) < 4.78 is 5.54. The van der Waals surface area contributed by atoms with Crippen LogP contribution < -0.4 is 10.7 Å². The third-order valence-electron chi connectivity index (χ3n) is 3.67. The average Bonchev–Trinajstić information content (AvgIpc) is 2.58. The van der Waals surface area contributed by atoms with Gasteiger partial charge >= 0.3 is 0 Å². The Kier molecular flexibility index (Phi) is 4.36. The van der Waals surface area contributed by atoms with Gasteiger partial charge in [0.2, 0.25) is 0 Å². The van der Waals surface area contributed by atoms with Crippen LogP contribution in [0.2, 0.25) is 0 Å². The van der Waals surface area contributed by atoms with Gasteiger partial charge in [-0.3, -0.25) is 14.9 Å². The average molecular weight is 342 g/mol. The van der Waals surface area contributed by atoms with Crippen LogP contribution in [0.4, 0.5) is 5.69 Å². The highest BCUT2D eigenvalue weighted by Gasteiger charge is 2.12. The highest BCUT2D eigenvalue weighted by molar-refractivity contribution is 5.85. The van der Waals surface area contributed by atoms with Gasteiger partial charge in [-0.25, -0.2) is 0 Å². The number of non-ortho nitro benzene ring substituents is 1. The Morgan fingerprint density at radius 1 is 1.08 bits per heavy atom. The molecule has 0 aliphatic carbocycles. The van der Waals surface area contributed by atoms with Crippen molar-refractivity contribution in [1.82, 2.24) is 5.32 Å². The molecular weight excluding hydrogens is 328 g/mol. The van der Waals surface area contributed by atoms with Crippen LogP contribution in [-0.4, -0.2) is 15.1 Å². The van der Waals surface area contributed by atoms with E-state index in [-0.39, 0.29) is 29.0 Å². The van der Waals surface area contributed by atoms with E-state index in [0.29, 0.717) is 12.3 Å². The van der Waals surface area contributed by atoms with Gasteiger partial charge < -0.3 is 19.9 Å². The molecule has 8 nitrogen and oxygen atoms in total. The van der Waals surface area contributed by atoms with E-state index in [9.17, 15) is 25.1 Å². The number of fused-ring (bicyclic) bond motifs is 1. The zero-order valence-electron chi connectivity index (χ0n) is 12.9. The number of hydrogen-bond donors (Lipinski definition) is 3. The molecule has 0 fully saturated rings. The number of benzene rings is 2. The predicted octanol–water partition coefficient (Wildman–Crippen LogP) is 2.40. The molecule has 0 atom stereocenters. The maximum atomic E-state index is 12.1. The van der Waals surface area contributed by atoms with Crippen molar-refractivity contribution in [2.24, 2.45) is 0 Å². The van der Waals surface area contributed by atoms with Crippen molar-refractivity contribution in [3.05, 3.63) is 74.1 Å². The molecule has 3 rings (SSSR count). The van der Waals surface area contributed by atoms with Gasteiger partial charge in [0.15, 0.2) is 16.9 Å². The summed E-state index contributed by atoms with van der Waals surface area (Å²) in [5.74, 6) is -0.523. The molecule has 3 aromatic rings. The van der Waals surface area contributed by atoms with Crippen LogP contribution in [0.15, 0.2) is 51.7 Å². The summed E-state index contributed by atoms with van der Waals surface area (Å²) in [7, 11) is 0. The predicted molar refractivity (Wildman–Crippen MR) is 89.5 cm³/mol. The summed E-state index contributed by atoms with van der Waals surface area (Å²) in [6, 6.07) is 10.0. The van der Waals surface area contributed by atoms with Gasteiger partial charge in [-0.15, -0.1) is 0 Å². The lowest BCUT2D eigenvalue weighted by Gasteiger charge is -2.07. The number of rotatable bonds is 5. The summed E-state index contributed by atoms with van der Waals surface area (Å²) in [4.78, 5) is 22.2. The van der Waals surface area contributed by atoms with Crippen LogP contribution >= 0.6 is 0 Å². The molecule has 25 heavy (non-hydrogen) atoms. The number of nitrogens with zero attached hydrogens (tertiary/aromatic N) is 1. The highest BCUT2D eigenvalue weighted by Crippen LogP contribution is 2.31. The van der Waals surface area contributed by atoms with Crippen LogP contribution in [0, 0.1) is 10.1 Å². The molecule has 8 heteroatoms. The van der Waals surface area contributed by atoms with Crippen molar-refractivity contribution < 1.29 is 19.6 Å². The van der Waals surface area contributed by atoms with Crippen molar-refractivity contribution in [3.63, 3.8) is 0 Å². The molecule has 0 amide bonds. The third-order valence-corrected chi connectivity index (χ3v) is 3.67. The molecule has 2 aromatic carbocycles. The fourth-order valence-electron chi connectivity index (χ4n) is 2.43. The summed E-state index contributed by atoms with van der Waals surface area (Å²) in [6.07, 6.45) is 0. The standard InChI is InChI=1S/C17H14N2O6/c20-13-5-6-15-16(17(13)22)14(21)7-12(25-15)9-18-8-10-1-3-11(4-2-10)19(23)24/h1-7,18,20,22H,8-9H2. The number of aromatic hydroxyl groups is 2. The zero-order chi connectivity index (χ0) is 18.0. The minimum Gasteiger partial charge on any atom is -0.504 e. The smallest absolute Gasteiger partial charge is 0.269 e. The Balaban J connectivity index is 1.72. The molecule has 0 unspecified atom stereocenters. The van der Waals surface area contributed by atoms with Crippen molar-refractivity contribution in [3.8, 4) is 11.5 Å². The summed E-state index contributed by atoms with van der Waals surface area (Å²) in [5, 5.41) is 32.8. The molecule has 0 saturated carbocycles. The Labute approximate surface area is 141 Å². The van der Waals surface area contributed by atoms with Gasteiger partial charge in [0.25, 0.3) is 5.69 Å². The van der Waals surface area contributed by atoms with Crippen LogP contribution in [0.1, 0.15) is 11.3 Å². The van der Waals surface area contributed by atoms with Gasteiger partial charge in [0, 0.05) is 24.7 Å². The first kappa shape index (κ1) is 16.5. The maximum Gasteiger partial charge on any atom is 0.269 e. The van der Waals surface area contributed by atoms with Crippen molar-refractivity contribution in [2.75, 3.05) is 0 Å². The van der Waals surface area contributed by atoms with Crippen molar-refractivity contribution in [1.29, 1.82) is 0 Å². The topological polar surface area (TPSA) is 126 Å². The molecule has 0 radical (unpaired) electrons. The molecule has 1 heterocycles. The van der Waals surface area contributed by atoms with Crippen molar-refractivity contribution in [2.45, 2.75) is 13.1 Å². The first-order valence-electron chi connectivity index (χ1n) is 7.37. The maximum absolute atomic E-state index is 12.1. The Bertz CT molecular complexity index is 994. The number of phenols is 2. The Morgan fingerprint density at radius 3 is 2.48 bits per heavy atom. The minimum absolute atomic E-state index is 0.0207. The second-order valence-corrected chi connectivity index (χ2v) is 5.41. The van der Waals surface area contributed by atoms with E-state index in [2.05, 4.69) is 5.32 Å². The number of nitro groups is 1. The second-order valence-electron chi connectivity index (χ2n) is 5.41. The fraction of sp³-hybridized carbons (Fsp3) is 0.118. The molecule has 1 aromatic heterocycles. The van der Waals surface area contributed by atoms with E-state index in [1.807, 2.05) is 0 Å². The van der Waals surface area contributed by atoms with Crippen LogP contribution in [0.3, 0.4) is 0 Å². The van der Waals surface area contributed by atoms with Gasteiger partial charge in [-0.05, 0) is 17.7 Å². The fourth-order valence-corrected chi connectivity index (χ4v) is 2.43. The number of hydrogen-bond acceptors (Lipinski definition) is 7. The third kappa shape index (κ3) is 3.43. The number of nitrogens with one attached hydrogen (secondary N) is 1. The van der Waals surface area contributed by atoms with E-state index in [4.69, 9.17) is 4.42 Å². The molecule has 0 aliphatic heterocycles. The molecule has 0 saturated heterocycles. The largest absolute Gasteiger partial charge is 0.504 e. The lowest BCUT2D eigenvalue weighted by molar-refractivity contribution is -0.384. The normalized spacial score (nSPS) is 10.9. The van der Waals surface area contributed by atoms with Gasteiger partial charge in [0.05, 0.1) is 11.5 Å². The van der Waals surface area contributed by atoms with Crippen LogP contribution in [0.5, 0.6) is 11.5 Å². The van der Waals surface area contributed by atoms with Crippen LogP contribution in [-0.2, 0) is 13.1 Å². The monoisotopic (exact) mass is 342 g/mol. The van der Waals surface area contributed by atoms with E-state index < -0.39 is 16.1 Å². The first-order chi connectivity index (χ1) is 12.0. The number of nitro benzene ring substituents is 1. The molecule has 3 N–H and O–H groups in total. The Hall–Kier alpha value is -3.39. The summed E-state index contributed by atoms with van der Waals surface area (Å²) in [5.41, 5.74) is 0.584. The molecule has 0 aliphatic rings. The summed E-state index contributed by atoms with van der Waals surface area (Å²) in [6.45, 7) is 0.685. The zero-order valence-corrected chi connectivity index (χ0v) is 12.9. The first-order valence-corrected chi connectivity index (χ1v) is 7.37. The van der Waals surface area contributed by atoms with Gasteiger partial charge in [-0.1, -0.05) is 12.1 Å². The molecule has 0 bridgehead atoms. The second kappa shape index (κ2) is 6.62. The molecule has 128 valence electrons.